The molecule has 0 aromatic rings. The molecule has 12 heavy (non-hydrogen) atoms. The van der Waals surface area contributed by atoms with Crippen LogP contribution in [0.15, 0.2) is 0 Å². The van der Waals surface area contributed by atoms with E-state index in [1.165, 1.54) is 0 Å². The standard InChI is InChI=1S/C4H5F3O4S/c5-3(6)4(7)12(10,11)1-2(8)9/h3-4H,1H2,(H,8,9). The van der Waals surface area contributed by atoms with E-state index in [1.54, 1.807) is 0 Å². The summed E-state index contributed by atoms with van der Waals surface area (Å²) in [5, 5.41) is 7.89. The first-order chi connectivity index (χ1) is 5.27. The molecular weight excluding hydrogens is 201 g/mol. The van der Waals surface area contributed by atoms with Gasteiger partial charge in [0.1, 0.15) is 0 Å². The van der Waals surface area contributed by atoms with Gasteiger partial charge >= 0.3 is 5.97 Å². The van der Waals surface area contributed by atoms with Gasteiger partial charge < -0.3 is 5.11 Å². The molecular formula is C4H5F3O4S. The number of hydrogen-bond donors (Lipinski definition) is 1. The summed E-state index contributed by atoms with van der Waals surface area (Å²) in [5.41, 5.74) is -3.42. The number of carboxylic acid groups (broad SMARTS) is 1. The monoisotopic (exact) mass is 206 g/mol. The third-order valence-corrected chi connectivity index (χ3v) is 2.41. The molecule has 1 N–H and O–H groups in total. The van der Waals surface area contributed by atoms with Crippen molar-refractivity contribution in [3.05, 3.63) is 0 Å². The number of carboxylic acids is 1. The minimum Gasteiger partial charge on any atom is -0.480 e. The number of rotatable bonds is 4. The number of carbonyl (C=O) groups is 1. The van der Waals surface area contributed by atoms with Gasteiger partial charge in [0.15, 0.2) is 15.6 Å². The Labute approximate surface area is 65.9 Å². The van der Waals surface area contributed by atoms with Crippen LogP contribution in [-0.2, 0) is 14.6 Å². The zero-order valence-corrected chi connectivity index (χ0v) is 6.39. The van der Waals surface area contributed by atoms with E-state index in [0.717, 1.165) is 0 Å². The molecule has 0 rings (SSSR count). The molecule has 0 radical (unpaired) electrons. The normalized spacial score (nSPS) is 14.7. The van der Waals surface area contributed by atoms with E-state index in [4.69, 9.17) is 5.11 Å². The van der Waals surface area contributed by atoms with Gasteiger partial charge in [0.2, 0.25) is 0 Å². The molecule has 0 saturated heterocycles. The summed E-state index contributed by atoms with van der Waals surface area (Å²) < 4.78 is 55.6. The van der Waals surface area contributed by atoms with Crippen LogP contribution >= 0.6 is 0 Å². The van der Waals surface area contributed by atoms with Crippen LogP contribution in [0.4, 0.5) is 13.2 Å². The van der Waals surface area contributed by atoms with Crippen LogP contribution in [0, 0.1) is 0 Å². The third kappa shape index (κ3) is 3.07. The lowest BCUT2D eigenvalue weighted by Crippen LogP contribution is -2.29. The van der Waals surface area contributed by atoms with Gasteiger partial charge in [0.25, 0.3) is 11.9 Å². The quantitative estimate of drug-likeness (QED) is 0.705. The molecule has 0 heterocycles. The van der Waals surface area contributed by atoms with Crippen molar-refractivity contribution in [3.8, 4) is 0 Å². The predicted molar refractivity (Wildman–Crippen MR) is 32.3 cm³/mol. The van der Waals surface area contributed by atoms with Crippen LogP contribution in [0.5, 0.6) is 0 Å². The third-order valence-electron chi connectivity index (χ3n) is 0.866. The van der Waals surface area contributed by atoms with Crippen molar-refractivity contribution in [2.75, 3.05) is 5.75 Å². The lowest BCUT2D eigenvalue weighted by Gasteiger charge is -2.05. The second kappa shape index (κ2) is 3.74. The number of halogens is 3. The fourth-order valence-corrected chi connectivity index (χ4v) is 1.23. The molecule has 4 nitrogen and oxygen atoms in total. The Morgan fingerprint density at radius 2 is 1.75 bits per heavy atom. The molecule has 1 atom stereocenters. The summed E-state index contributed by atoms with van der Waals surface area (Å²) in [6.07, 6.45) is -3.71. The van der Waals surface area contributed by atoms with Gasteiger partial charge in [0.05, 0.1) is 0 Å². The number of hydrogen-bond acceptors (Lipinski definition) is 3. The van der Waals surface area contributed by atoms with E-state index in [9.17, 15) is 26.4 Å². The summed E-state index contributed by atoms with van der Waals surface area (Å²) in [6.45, 7) is 0. The highest BCUT2D eigenvalue weighted by Crippen LogP contribution is 2.13. The van der Waals surface area contributed by atoms with Gasteiger partial charge in [-0.25, -0.2) is 21.6 Å². The smallest absolute Gasteiger partial charge is 0.318 e. The SMILES string of the molecule is O=C(O)CS(=O)(=O)C(F)C(F)F. The van der Waals surface area contributed by atoms with E-state index in [-0.39, 0.29) is 0 Å². The Bertz CT molecular complexity index is 259. The van der Waals surface area contributed by atoms with Gasteiger partial charge in [-0.2, -0.15) is 0 Å². The van der Waals surface area contributed by atoms with Crippen molar-refractivity contribution in [2.45, 2.75) is 11.9 Å². The molecule has 0 aliphatic heterocycles. The van der Waals surface area contributed by atoms with Crippen LogP contribution in [0.25, 0.3) is 0 Å². The maximum absolute atomic E-state index is 12.1. The van der Waals surface area contributed by atoms with Crippen LogP contribution in [0.2, 0.25) is 0 Å². The first-order valence-electron chi connectivity index (χ1n) is 2.63. The number of sulfone groups is 1. The van der Waals surface area contributed by atoms with E-state index in [1.807, 2.05) is 0 Å². The number of aliphatic carboxylic acids is 1. The maximum Gasteiger partial charge on any atom is 0.318 e. The van der Waals surface area contributed by atoms with E-state index >= 15 is 0 Å². The molecule has 0 fully saturated rings. The minimum absolute atomic E-state index is 1.63. The Balaban J connectivity index is 4.52. The van der Waals surface area contributed by atoms with Crippen molar-refractivity contribution in [3.63, 3.8) is 0 Å². The molecule has 1 unspecified atom stereocenters. The first kappa shape index (κ1) is 11.2. The fourth-order valence-electron chi connectivity index (χ4n) is 0.408. The Morgan fingerprint density at radius 3 is 2.00 bits per heavy atom. The average molecular weight is 206 g/mol. The summed E-state index contributed by atoms with van der Waals surface area (Å²) in [6, 6.07) is 0. The van der Waals surface area contributed by atoms with Gasteiger partial charge in [-0.3, -0.25) is 4.79 Å². The molecule has 0 aromatic heterocycles. The molecule has 0 amide bonds. The molecule has 0 aliphatic rings. The molecule has 0 aliphatic carbocycles. The summed E-state index contributed by atoms with van der Waals surface area (Å²) in [5.74, 6) is -3.49. The Kier molecular flexibility index (Phi) is 3.50. The Morgan fingerprint density at radius 1 is 1.33 bits per heavy atom. The van der Waals surface area contributed by atoms with Crippen molar-refractivity contribution in [1.29, 1.82) is 0 Å². The second-order valence-electron chi connectivity index (χ2n) is 1.89. The summed E-state index contributed by atoms with van der Waals surface area (Å²) in [7, 11) is -4.88. The average Bonchev–Trinajstić information content (AvgIpc) is 1.82. The highest BCUT2D eigenvalue weighted by Gasteiger charge is 2.35. The van der Waals surface area contributed by atoms with Crippen molar-refractivity contribution in [1.82, 2.24) is 0 Å². The van der Waals surface area contributed by atoms with Gasteiger partial charge in [-0.15, -0.1) is 0 Å². The van der Waals surface area contributed by atoms with Crippen molar-refractivity contribution >= 4 is 15.8 Å². The topological polar surface area (TPSA) is 71.4 Å². The van der Waals surface area contributed by atoms with Crippen molar-refractivity contribution in [2.24, 2.45) is 0 Å². The molecule has 0 spiro atoms. The van der Waals surface area contributed by atoms with Gasteiger partial charge in [-0.1, -0.05) is 0 Å². The van der Waals surface area contributed by atoms with Crippen LogP contribution in [-0.4, -0.2) is 37.2 Å². The van der Waals surface area contributed by atoms with Gasteiger partial charge in [0, 0.05) is 0 Å². The van der Waals surface area contributed by atoms with Crippen LogP contribution in [0.3, 0.4) is 0 Å². The maximum atomic E-state index is 12.1. The predicted octanol–water partition coefficient (Wildman–Crippen LogP) is 0.0465. The molecule has 0 saturated carbocycles. The summed E-state index contributed by atoms with van der Waals surface area (Å²) in [4.78, 5) is 9.75. The highest BCUT2D eigenvalue weighted by molar-refractivity contribution is 7.92. The number of alkyl halides is 3. The first-order valence-corrected chi connectivity index (χ1v) is 4.34. The molecule has 0 aromatic carbocycles. The van der Waals surface area contributed by atoms with Crippen LogP contribution in [0.1, 0.15) is 0 Å². The highest BCUT2D eigenvalue weighted by atomic mass is 32.2. The largest absolute Gasteiger partial charge is 0.480 e. The molecule has 8 heteroatoms. The lowest BCUT2D eigenvalue weighted by molar-refractivity contribution is -0.134. The van der Waals surface area contributed by atoms with Crippen LogP contribution < -0.4 is 0 Å². The van der Waals surface area contributed by atoms with Crippen molar-refractivity contribution < 1.29 is 31.5 Å². The van der Waals surface area contributed by atoms with E-state index in [2.05, 4.69) is 0 Å². The molecule has 72 valence electrons. The summed E-state index contributed by atoms with van der Waals surface area (Å²) >= 11 is 0. The molecule has 0 bridgehead atoms. The van der Waals surface area contributed by atoms with E-state index in [0.29, 0.717) is 0 Å². The second-order valence-corrected chi connectivity index (χ2v) is 3.95. The van der Waals surface area contributed by atoms with E-state index < -0.39 is 33.5 Å². The van der Waals surface area contributed by atoms with Gasteiger partial charge in [-0.05, 0) is 0 Å². The fraction of sp³-hybridized carbons (Fsp3) is 0.750. The lowest BCUT2D eigenvalue weighted by atomic mass is 10.8. The Hall–Kier alpha value is -0.790. The minimum atomic E-state index is -4.88. The zero-order chi connectivity index (χ0) is 9.94. The zero-order valence-electron chi connectivity index (χ0n) is 5.58.